The van der Waals surface area contributed by atoms with Crippen LogP contribution in [0, 0.1) is 5.82 Å². The van der Waals surface area contributed by atoms with Gasteiger partial charge in [0.1, 0.15) is 11.9 Å². The molecule has 0 radical (unpaired) electrons. The first kappa shape index (κ1) is 17.9. The first-order valence-electron chi connectivity index (χ1n) is 9.06. The average Bonchev–Trinajstić information content (AvgIpc) is 3.13. The molecule has 6 heteroatoms. The van der Waals surface area contributed by atoms with E-state index in [0.29, 0.717) is 19.7 Å². The van der Waals surface area contributed by atoms with Crippen molar-refractivity contribution in [2.75, 3.05) is 19.7 Å². The zero-order valence-corrected chi connectivity index (χ0v) is 14.4. The van der Waals surface area contributed by atoms with Crippen molar-refractivity contribution in [3.05, 3.63) is 35.6 Å². The minimum atomic E-state index is -0.291. The third-order valence-electron chi connectivity index (χ3n) is 4.95. The predicted molar refractivity (Wildman–Crippen MR) is 91.3 cm³/mol. The Labute approximate surface area is 147 Å². The quantitative estimate of drug-likeness (QED) is 0.890. The Morgan fingerprint density at radius 1 is 1.16 bits per heavy atom. The first-order valence-corrected chi connectivity index (χ1v) is 9.06. The highest BCUT2D eigenvalue weighted by Gasteiger charge is 2.26. The summed E-state index contributed by atoms with van der Waals surface area (Å²) in [6.07, 6.45) is 4.63. The fourth-order valence-electron chi connectivity index (χ4n) is 3.50. The molecule has 0 unspecified atom stereocenters. The molecular weight excluding hydrogens is 323 g/mol. The maximum absolute atomic E-state index is 13.0. The second kappa shape index (κ2) is 8.43. The number of hydrogen-bond acceptors (Lipinski definition) is 3. The highest BCUT2D eigenvalue weighted by molar-refractivity contribution is 5.84. The summed E-state index contributed by atoms with van der Waals surface area (Å²) in [5, 5.41) is 3.01. The van der Waals surface area contributed by atoms with E-state index in [1.165, 1.54) is 25.0 Å². The van der Waals surface area contributed by atoms with Crippen molar-refractivity contribution in [2.24, 2.45) is 0 Å². The molecule has 1 heterocycles. The number of nitrogens with zero attached hydrogens (tertiary/aromatic N) is 1. The summed E-state index contributed by atoms with van der Waals surface area (Å²) in [6.45, 7) is 1.41. The summed E-state index contributed by atoms with van der Waals surface area (Å²) in [5.41, 5.74) is 0.859. The first-order chi connectivity index (χ1) is 12.1. The normalized spacial score (nSPS) is 21.3. The second-order valence-corrected chi connectivity index (χ2v) is 6.80. The van der Waals surface area contributed by atoms with Crippen molar-refractivity contribution in [1.29, 1.82) is 0 Å². The summed E-state index contributed by atoms with van der Waals surface area (Å²) in [4.78, 5) is 26.1. The molecule has 1 aliphatic heterocycles. The van der Waals surface area contributed by atoms with E-state index in [1.54, 1.807) is 17.0 Å². The maximum atomic E-state index is 13.0. The molecule has 1 aromatic rings. The number of morpholine rings is 1. The van der Waals surface area contributed by atoms with Gasteiger partial charge in [-0.15, -0.1) is 0 Å². The number of benzene rings is 1. The molecule has 1 aliphatic carbocycles. The number of carbonyl (C=O) groups excluding carboxylic acids is 2. The number of hydrogen-bond donors (Lipinski definition) is 1. The van der Waals surface area contributed by atoms with Crippen LogP contribution >= 0.6 is 0 Å². The van der Waals surface area contributed by atoms with Crippen LogP contribution in [-0.2, 0) is 14.3 Å². The van der Waals surface area contributed by atoms with E-state index in [2.05, 4.69) is 5.32 Å². The summed E-state index contributed by atoms with van der Waals surface area (Å²) < 4.78 is 18.7. The van der Waals surface area contributed by atoms with Crippen LogP contribution in [0.5, 0.6) is 0 Å². The fourth-order valence-corrected chi connectivity index (χ4v) is 3.50. The Morgan fingerprint density at radius 2 is 1.88 bits per heavy atom. The van der Waals surface area contributed by atoms with Gasteiger partial charge in [-0.1, -0.05) is 25.0 Å². The standard InChI is InChI=1S/C19H25FN2O3/c20-15-7-5-14(6-8-15)17-13-22(11-12-25-17)19(24)10-9-18(23)21-16-3-1-2-4-16/h5-8,16-17H,1-4,9-13H2,(H,21,23)/t17-/m0/s1. The van der Waals surface area contributed by atoms with Gasteiger partial charge in [0.2, 0.25) is 11.8 Å². The number of amides is 2. The molecule has 1 saturated heterocycles. The molecule has 0 spiro atoms. The van der Waals surface area contributed by atoms with Crippen molar-refractivity contribution in [3.63, 3.8) is 0 Å². The average molecular weight is 348 g/mol. The van der Waals surface area contributed by atoms with Crippen LogP contribution in [0.15, 0.2) is 24.3 Å². The molecule has 25 heavy (non-hydrogen) atoms. The highest BCUT2D eigenvalue weighted by Crippen LogP contribution is 2.23. The van der Waals surface area contributed by atoms with Crippen LogP contribution in [0.2, 0.25) is 0 Å². The van der Waals surface area contributed by atoms with Gasteiger partial charge in [0.15, 0.2) is 0 Å². The minimum Gasteiger partial charge on any atom is -0.370 e. The third kappa shape index (κ3) is 5.01. The van der Waals surface area contributed by atoms with Crippen LogP contribution in [-0.4, -0.2) is 42.5 Å². The lowest BCUT2D eigenvalue weighted by atomic mass is 10.1. The molecule has 2 amide bonds. The molecule has 5 nitrogen and oxygen atoms in total. The number of nitrogens with one attached hydrogen (secondary N) is 1. The van der Waals surface area contributed by atoms with Crippen LogP contribution in [0.1, 0.15) is 50.2 Å². The largest absolute Gasteiger partial charge is 0.370 e. The summed E-state index contributed by atoms with van der Waals surface area (Å²) in [7, 11) is 0. The predicted octanol–water partition coefficient (Wildman–Crippen LogP) is 2.56. The molecule has 1 saturated carbocycles. The summed E-state index contributed by atoms with van der Waals surface area (Å²) in [5.74, 6) is -0.360. The molecule has 2 fully saturated rings. The third-order valence-corrected chi connectivity index (χ3v) is 4.95. The molecular formula is C19H25FN2O3. The maximum Gasteiger partial charge on any atom is 0.223 e. The molecule has 1 N–H and O–H groups in total. The van der Waals surface area contributed by atoms with Crippen molar-refractivity contribution in [1.82, 2.24) is 10.2 Å². The minimum absolute atomic E-state index is 0.0306. The summed E-state index contributed by atoms with van der Waals surface area (Å²) >= 11 is 0. The van der Waals surface area contributed by atoms with Crippen molar-refractivity contribution >= 4 is 11.8 Å². The Balaban J connectivity index is 1.46. The summed E-state index contributed by atoms with van der Waals surface area (Å²) in [6, 6.07) is 6.44. The SMILES string of the molecule is O=C(CCC(=O)N1CCO[C@H](c2ccc(F)cc2)C1)NC1CCCC1. The monoisotopic (exact) mass is 348 g/mol. The molecule has 0 aromatic heterocycles. The van der Waals surface area contributed by atoms with E-state index in [4.69, 9.17) is 4.74 Å². The molecule has 0 bridgehead atoms. The van der Waals surface area contributed by atoms with Crippen molar-refractivity contribution < 1.29 is 18.7 Å². The lowest BCUT2D eigenvalue weighted by Crippen LogP contribution is -2.42. The van der Waals surface area contributed by atoms with Crippen LogP contribution < -0.4 is 5.32 Å². The van der Waals surface area contributed by atoms with Crippen molar-refractivity contribution in [3.8, 4) is 0 Å². The van der Waals surface area contributed by atoms with E-state index in [-0.39, 0.29) is 42.6 Å². The van der Waals surface area contributed by atoms with Gasteiger partial charge in [0, 0.05) is 25.4 Å². The van der Waals surface area contributed by atoms with Gasteiger partial charge in [0.05, 0.1) is 13.2 Å². The number of halogens is 1. The van der Waals surface area contributed by atoms with Crippen LogP contribution in [0.25, 0.3) is 0 Å². The van der Waals surface area contributed by atoms with E-state index < -0.39 is 0 Å². The van der Waals surface area contributed by atoms with E-state index in [0.717, 1.165) is 18.4 Å². The Hall–Kier alpha value is -1.95. The topological polar surface area (TPSA) is 58.6 Å². The highest BCUT2D eigenvalue weighted by atomic mass is 19.1. The number of carbonyl (C=O) groups is 2. The van der Waals surface area contributed by atoms with Gasteiger partial charge in [-0.25, -0.2) is 4.39 Å². The van der Waals surface area contributed by atoms with Crippen LogP contribution in [0.4, 0.5) is 4.39 Å². The fraction of sp³-hybridized carbons (Fsp3) is 0.579. The van der Waals surface area contributed by atoms with E-state index >= 15 is 0 Å². The Morgan fingerprint density at radius 3 is 2.60 bits per heavy atom. The molecule has 136 valence electrons. The van der Waals surface area contributed by atoms with Gasteiger partial charge >= 0.3 is 0 Å². The van der Waals surface area contributed by atoms with Gasteiger partial charge < -0.3 is 15.0 Å². The molecule has 3 rings (SSSR count). The van der Waals surface area contributed by atoms with Gasteiger partial charge in [-0.3, -0.25) is 9.59 Å². The zero-order valence-electron chi connectivity index (χ0n) is 14.4. The van der Waals surface area contributed by atoms with Gasteiger partial charge in [-0.05, 0) is 30.5 Å². The van der Waals surface area contributed by atoms with Crippen molar-refractivity contribution in [2.45, 2.75) is 50.7 Å². The molecule has 1 atom stereocenters. The van der Waals surface area contributed by atoms with Gasteiger partial charge in [0.25, 0.3) is 0 Å². The smallest absolute Gasteiger partial charge is 0.223 e. The Kier molecular flexibility index (Phi) is 6.02. The second-order valence-electron chi connectivity index (χ2n) is 6.80. The van der Waals surface area contributed by atoms with Crippen LogP contribution in [0.3, 0.4) is 0 Å². The number of ether oxygens (including phenoxy) is 1. The van der Waals surface area contributed by atoms with E-state index in [9.17, 15) is 14.0 Å². The lowest BCUT2D eigenvalue weighted by molar-refractivity contribution is -0.140. The molecule has 2 aliphatic rings. The van der Waals surface area contributed by atoms with Gasteiger partial charge in [-0.2, -0.15) is 0 Å². The molecule has 1 aromatic carbocycles. The lowest BCUT2D eigenvalue weighted by Gasteiger charge is -2.33. The zero-order chi connectivity index (χ0) is 17.6. The Bertz CT molecular complexity index is 599. The van der Waals surface area contributed by atoms with E-state index in [1.807, 2.05) is 0 Å². The number of rotatable bonds is 5.